The number of hydrogen-bond donors (Lipinski definition) is 1. The molecule has 0 bridgehead atoms. The highest BCUT2D eigenvalue weighted by atomic mass is 35.5. The molecule has 7 nitrogen and oxygen atoms in total. The zero-order valence-electron chi connectivity index (χ0n) is 21.1. The van der Waals surface area contributed by atoms with E-state index < -0.39 is 28.5 Å². The highest BCUT2D eigenvalue weighted by Crippen LogP contribution is 2.23. The minimum absolute atomic E-state index is 0.141. The van der Waals surface area contributed by atoms with Gasteiger partial charge in [0.25, 0.3) is 0 Å². The fraction of sp³-hybridized carbons (Fsp3) is 0.462. The summed E-state index contributed by atoms with van der Waals surface area (Å²) in [6, 6.07) is 13.3. The molecule has 1 N–H and O–H groups in total. The predicted molar refractivity (Wildman–Crippen MR) is 142 cm³/mol. The number of amides is 2. The molecule has 0 heterocycles. The Balaban J connectivity index is 2.34. The number of carbonyl (C=O) groups is 2. The topological polar surface area (TPSA) is 86.8 Å². The summed E-state index contributed by atoms with van der Waals surface area (Å²) in [5, 5.41) is 3.42. The van der Waals surface area contributed by atoms with E-state index in [1.807, 2.05) is 19.1 Å². The zero-order valence-corrected chi connectivity index (χ0v) is 22.7. The molecule has 0 aromatic heterocycles. The highest BCUT2D eigenvalue weighted by Gasteiger charge is 2.30. The van der Waals surface area contributed by atoms with Gasteiger partial charge in [-0.05, 0) is 54.7 Å². The number of benzene rings is 2. The van der Waals surface area contributed by atoms with Crippen LogP contribution in [0.5, 0.6) is 0 Å². The fourth-order valence-corrected chi connectivity index (χ4v) is 4.52. The van der Waals surface area contributed by atoms with Crippen molar-refractivity contribution in [3.05, 3.63) is 64.7 Å². The third kappa shape index (κ3) is 8.54. The number of hydrogen-bond acceptors (Lipinski definition) is 4. The molecule has 9 heteroatoms. The van der Waals surface area contributed by atoms with Crippen LogP contribution in [0.25, 0.3) is 0 Å². The minimum atomic E-state index is -3.75. The number of anilines is 1. The molecular formula is C26H36ClN3O4S. The lowest BCUT2D eigenvalue weighted by Gasteiger charge is -2.31. The SMILES string of the molecule is CCCCNC(=O)[C@@H](C)N(Cc1ccc(Cl)cc1)C(=O)CN(c1ccc(C(C)C)cc1)S(C)(=O)=O. The van der Waals surface area contributed by atoms with Crippen LogP contribution >= 0.6 is 11.6 Å². The van der Waals surface area contributed by atoms with Crippen molar-refractivity contribution >= 4 is 39.1 Å². The Morgan fingerprint density at radius 1 is 1.00 bits per heavy atom. The van der Waals surface area contributed by atoms with Crippen LogP contribution in [-0.2, 0) is 26.2 Å². The number of rotatable bonds is 12. The molecule has 0 aliphatic rings. The zero-order chi connectivity index (χ0) is 26.2. The van der Waals surface area contributed by atoms with E-state index in [0.29, 0.717) is 23.2 Å². The lowest BCUT2D eigenvalue weighted by molar-refractivity contribution is -0.139. The van der Waals surface area contributed by atoms with Gasteiger partial charge in [0, 0.05) is 18.1 Å². The van der Waals surface area contributed by atoms with Crippen molar-refractivity contribution < 1.29 is 18.0 Å². The van der Waals surface area contributed by atoms with Gasteiger partial charge in [-0.1, -0.05) is 63.1 Å². The van der Waals surface area contributed by atoms with Crippen LogP contribution < -0.4 is 9.62 Å². The van der Waals surface area contributed by atoms with Crippen LogP contribution in [0.3, 0.4) is 0 Å². The van der Waals surface area contributed by atoms with E-state index in [9.17, 15) is 18.0 Å². The Morgan fingerprint density at radius 2 is 1.60 bits per heavy atom. The monoisotopic (exact) mass is 521 g/mol. The van der Waals surface area contributed by atoms with Gasteiger partial charge in [0.05, 0.1) is 11.9 Å². The molecule has 2 amide bonds. The Bertz CT molecular complexity index is 1090. The molecule has 0 aliphatic heterocycles. The molecule has 2 aromatic carbocycles. The molecule has 0 aliphatic carbocycles. The van der Waals surface area contributed by atoms with Gasteiger partial charge in [0.1, 0.15) is 12.6 Å². The summed E-state index contributed by atoms with van der Waals surface area (Å²) in [7, 11) is -3.75. The van der Waals surface area contributed by atoms with Crippen LogP contribution in [-0.4, -0.2) is 50.5 Å². The molecule has 0 saturated heterocycles. The van der Waals surface area contributed by atoms with Gasteiger partial charge in [-0.25, -0.2) is 8.42 Å². The van der Waals surface area contributed by atoms with Crippen molar-refractivity contribution in [1.82, 2.24) is 10.2 Å². The van der Waals surface area contributed by atoms with E-state index in [1.165, 1.54) is 4.90 Å². The van der Waals surface area contributed by atoms with E-state index in [1.54, 1.807) is 43.3 Å². The van der Waals surface area contributed by atoms with Gasteiger partial charge in [-0.2, -0.15) is 0 Å². The Hall–Kier alpha value is -2.58. The van der Waals surface area contributed by atoms with Crippen LogP contribution in [0.15, 0.2) is 48.5 Å². The van der Waals surface area contributed by atoms with E-state index in [4.69, 9.17) is 11.6 Å². The molecule has 0 saturated carbocycles. The lowest BCUT2D eigenvalue weighted by Crippen LogP contribution is -2.51. The first-order valence-corrected chi connectivity index (χ1v) is 14.1. The molecule has 0 fully saturated rings. The normalized spacial score (nSPS) is 12.3. The maximum absolute atomic E-state index is 13.5. The summed E-state index contributed by atoms with van der Waals surface area (Å²) in [6.07, 6.45) is 2.83. The summed E-state index contributed by atoms with van der Waals surface area (Å²) in [5.74, 6) is -0.469. The molecule has 192 valence electrons. The standard InChI is InChI=1S/C26H36ClN3O4S/c1-6-7-16-28-26(32)20(4)29(17-21-8-12-23(27)13-9-21)25(31)18-30(35(5,33)34)24-14-10-22(11-15-24)19(2)3/h8-15,19-20H,6-7,16-18H2,1-5H3,(H,28,32)/t20-/m1/s1. The molecule has 0 radical (unpaired) electrons. The number of carbonyl (C=O) groups excluding carboxylic acids is 2. The molecule has 2 rings (SSSR count). The largest absolute Gasteiger partial charge is 0.354 e. The minimum Gasteiger partial charge on any atom is -0.354 e. The maximum atomic E-state index is 13.5. The molecule has 35 heavy (non-hydrogen) atoms. The van der Waals surface area contributed by atoms with E-state index >= 15 is 0 Å². The summed E-state index contributed by atoms with van der Waals surface area (Å²) < 4.78 is 26.4. The first-order valence-electron chi connectivity index (χ1n) is 11.8. The molecule has 1 atom stereocenters. The second-order valence-electron chi connectivity index (χ2n) is 8.98. The average Bonchev–Trinajstić information content (AvgIpc) is 2.81. The summed E-state index contributed by atoms with van der Waals surface area (Å²) >= 11 is 5.99. The second kappa shape index (κ2) is 12.9. The summed E-state index contributed by atoms with van der Waals surface area (Å²) in [4.78, 5) is 27.7. The summed E-state index contributed by atoms with van der Waals surface area (Å²) in [6.45, 7) is 8.02. The maximum Gasteiger partial charge on any atom is 0.244 e. The van der Waals surface area contributed by atoms with E-state index in [0.717, 1.165) is 34.5 Å². The van der Waals surface area contributed by atoms with Crippen LogP contribution in [0.4, 0.5) is 5.69 Å². The second-order valence-corrected chi connectivity index (χ2v) is 11.3. The molecule has 0 spiro atoms. The number of nitrogens with zero attached hydrogens (tertiary/aromatic N) is 2. The number of sulfonamides is 1. The Morgan fingerprint density at radius 3 is 2.11 bits per heavy atom. The first-order chi connectivity index (χ1) is 16.4. The fourth-order valence-electron chi connectivity index (χ4n) is 3.54. The third-order valence-corrected chi connectivity index (χ3v) is 7.18. The van der Waals surface area contributed by atoms with Gasteiger partial charge in [-0.3, -0.25) is 13.9 Å². The quantitative estimate of drug-likeness (QED) is 0.415. The van der Waals surface area contributed by atoms with Gasteiger partial charge < -0.3 is 10.2 Å². The van der Waals surface area contributed by atoms with Crippen molar-refractivity contribution in [3.8, 4) is 0 Å². The molecule has 0 unspecified atom stereocenters. The van der Waals surface area contributed by atoms with E-state index in [-0.39, 0.29) is 12.5 Å². The van der Waals surface area contributed by atoms with E-state index in [2.05, 4.69) is 19.2 Å². The van der Waals surface area contributed by atoms with Crippen molar-refractivity contribution in [2.75, 3.05) is 23.7 Å². The van der Waals surface area contributed by atoms with Crippen molar-refractivity contribution in [2.45, 2.75) is 59.0 Å². The van der Waals surface area contributed by atoms with Crippen LogP contribution in [0.1, 0.15) is 57.6 Å². The Kier molecular flexibility index (Phi) is 10.6. The average molecular weight is 522 g/mol. The van der Waals surface area contributed by atoms with Crippen molar-refractivity contribution in [3.63, 3.8) is 0 Å². The highest BCUT2D eigenvalue weighted by molar-refractivity contribution is 7.92. The van der Waals surface area contributed by atoms with Crippen molar-refractivity contribution in [1.29, 1.82) is 0 Å². The van der Waals surface area contributed by atoms with Gasteiger partial charge in [0.2, 0.25) is 21.8 Å². The number of unbranched alkanes of at least 4 members (excludes halogenated alkanes) is 1. The third-order valence-electron chi connectivity index (χ3n) is 5.79. The smallest absolute Gasteiger partial charge is 0.244 e. The number of halogens is 1. The van der Waals surface area contributed by atoms with Crippen molar-refractivity contribution in [2.24, 2.45) is 0 Å². The first kappa shape index (κ1) is 28.7. The Labute approximate surface area is 214 Å². The van der Waals surface area contributed by atoms with Crippen LogP contribution in [0.2, 0.25) is 5.02 Å². The molecular weight excluding hydrogens is 486 g/mol. The number of nitrogens with one attached hydrogen (secondary N) is 1. The summed E-state index contributed by atoms with van der Waals surface area (Å²) in [5.41, 5.74) is 2.25. The van der Waals surface area contributed by atoms with Gasteiger partial charge >= 0.3 is 0 Å². The van der Waals surface area contributed by atoms with Crippen LogP contribution in [0, 0.1) is 0 Å². The van der Waals surface area contributed by atoms with Gasteiger partial charge in [0.15, 0.2) is 0 Å². The predicted octanol–water partition coefficient (Wildman–Crippen LogP) is 4.56. The van der Waals surface area contributed by atoms with Gasteiger partial charge in [-0.15, -0.1) is 0 Å². The lowest BCUT2D eigenvalue weighted by atomic mass is 10.0. The molecule has 2 aromatic rings.